The van der Waals surface area contributed by atoms with Gasteiger partial charge in [-0.25, -0.2) is 9.78 Å². The minimum Gasteiger partial charge on any atom is -0.493 e. The maximum Gasteiger partial charge on any atom is 0.338 e. The predicted octanol–water partition coefficient (Wildman–Crippen LogP) is 4.83. The van der Waals surface area contributed by atoms with E-state index in [-0.39, 0.29) is 12.5 Å². The van der Waals surface area contributed by atoms with Gasteiger partial charge in [-0.15, -0.1) is 11.3 Å². The molecule has 0 atom stereocenters. The molecule has 1 N–H and O–H groups in total. The van der Waals surface area contributed by atoms with E-state index in [2.05, 4.69) is 15.3 Å². The van der Waals surface area contributed by atoms with Crippen molar-refractivity contribution in [1.82, 2.24) is 9.97 Å². The number of hydrogen-bond acceptors (Lipinski definition) is 8. The number of esters is 1. The molecule has 0 aliphatic rings. The van der Waals surface area contributed by atoms with Crippen LogP contribution in [0.15, 0.2) is 72.2 Å². The van der Waals surface area contributed by atoms with Gasteiger partial charge in [-0.3, -0.25) is 9.78 Å². The first-order valence-corrected chi connectivity index (χ1v) is 11.1. The van der Waals surface area contributed by atoms with Crippen molar-refractivity contribution >= 4 is 28.9 Å². The van der Waals surface area contributed by atoms with E-state index in [0.29, 0.717) is 34.1 Å². The number of anilines is 1. The summed E-state index contributed by atoms with van der Waals surface area (Å²) in [5, 5.41) is 5.30. The Labute approximate surface area is 200 Å². The van der Waals surface area contributed by atoms with Gasteiger partial charge in [0.25, 0.3) is 5.91 Å². The molecule has 4 aromatic rings. The largest absolute Gasteiger partial charge is 0.493 e. The zero-order chi connectivity index (χ0) is 23.9. The fourth-order valence-corrected chi connectivity index (χ4v) is 3.98. The molecule has 0 radical (unpaired) electrons. The van der Waals surface area contributed by atoms with Crippen LogP contribution in [0.1, 0.15) is 26.5 Å². The molecule has 2 aromatic carbocycles. The van der Waals surface area contributed by atoms with E-state index in [9.17, 15) is 9.59 Å². The van der Waals surface area contributed by atoms with Crippen molar-refractivity contribution in [2.24, 2.45) is 0 Å². The molecule has 2 heterocycles. The molecular formula is C25H21N3O5S. The lowest BCUT2D eigenvalue weighted by Crippen LogP contribution is -2.13. The Balaban J connectivity index is 1.37. The minimum atomic E-state index is -0.490. The summed E-state index contributed by atoms with van der Waals surface area (Å²) in [4.78, 5) is 33.2. The van der Waals surface area contributed by atoms with Gasteiger partial charge in [0.1, 0.15) is 17.3 Å². The van der Waals surface area contributed by atoms with Crippen LogP contribution in [0.5, 0.6) is 11.5 Å². The monoisotopic (exact) mass is 475 g/mol. The molecule has 2 aromatic heterocycles. The zero-order valence-corrected chi connectivity index (χ0v) is 19.3. The molecule has 9 heteroatoms. The second-order valence-electron chi connectivity index (χ2n) is 7.01. The molecule has 0 bridgehead atoms. The minimum absolute atomic E-state index is 0.0276. The lowest BCUT2D eigenvalue weighted by molar-refractivity contribution is 0.0468. The molecule has 0 saturated heterocycles. The van der Waals surface area contributed by atoms with E-state index < -0.39 is 5.97 Å². The lowest BCUT2D eigenvalue weighted by atomic mass is 10.2. The fraction of sp³-hybridized carbons (Fsp3) is 0.120. The van der Waals surface area contributed by atoms with Gasteiger partial charge in [0, 0.05) is 17.3 Å². The molecule has 1 amide bonds. The fourth-order valence-electron chi connectivity index (χ4n) is 3.16. The van der Waals surface area contributed by atoms with Gasteiger partial charge in [0.05, 0.1) is 31.0 Å². The molecule has 4 rings (SSSR count). The second-order valence-corrected chi connectivity index (χ2v) is 7.87. The number of nitrogens with zero attached hydrogens (tertiary/aromatic N) is 2. The number of thiazole rings is 1. The van der Waals surface area contributed by atoms with E-state index in [4.69, 9.17) is 14.2 Å². The Kier molecular flexibility index (Phi) is 7.14. The van der Waals surface area contributed by atoms with E-state index >= 15 is 0 Å². The van der Waals surface area contributed by atoms with Gasteiger partial charge in [-0.1, -0.05) is 12.1 Å². The summed E-state index contributed by atoms with van der Waals surface area (Å²) in [6.45, 7) is 0.0276. The second kappa shape index (κ2) is 10.6. The first-order chi connectivity index (χ1) is 16.6. The third-order valence-electron chi connectivity index (χ3n) is 4.81. The van der Waals surface area contributed by atoms with Crippen molar-refractivity contribution < 1.29 is 23.8 Å². The van der Waals surface area contributed by atoms with E-state index in [1.807, 2.05) is 23.6 Å². The van der Waals surface area contributed by atoms with Gasteiger partial charge in [0.2, 0.25) is 0 Å². The van der Waals surface area contributed by atoms with E-state index in [1.165, 1.54) is 11.3 Å². The topological polar surface area (TPSA) is 99.6 Å². The zero-order valence-electron chi connectivity index (χ0n) is 18.5. The van der Waals surface area contributed by atoms with Crippen LogP contribution >= 0.6 is 11.3 Å². The maximum atomic E-state index is 12.5. The van der Waals surface area contributed by atoms with Gasteiger partial charge in [-0.05, 0) is 48.5 Å². The van der Waals surface area contributed by atoms with Crippen LogP contribution in [-0.4, -0.2) is 36.1 Å². The molecule has 0 fully saturated rings. The SMILES string of the molecule is COc1cccc(-c2nc(COC(=O)c3ccc(NC(=O)c4ccccn4)cc3)cs2)c1OC. The quantitative estimate of drug-likeness (QED) is 0.364. The molecule has 0 aliphatic carbocycles. The number of pyridine rings is 1. The van der Waals surface area contributed by atoms with E-state index in [1.54, 1.807) is 62.9 Å². The maximum absolute atomic E-state index is 12.5. The number of carbonyl (C=O) groups excluding carboxylic acids is 2. The molecule has 34 heavy (non-hydrogen) atoms. The van der Waals surface area contributed by atoms with Gasteiger partial charge in [0.15, 0.2) is 11.5 Å². The number of ether oxygens (including phenoxy) is 3. The van der Waals surface area contributed by atoms with Crippen molar-refractivity contribution in [3.05, 3.63) is 89.2 Å². The Hall–Kier alpha value is -4.24. The first-order valence-electron chi connectivity index (χ1n) is 10.2. The standard InChI is InChI=1S/C25H21N3O5S/c1-31-21-8-5-6-19(22(21)32-2)24-28-18(15-34-24)14-33-25(30)16-9-11-17(12-10-16)27-23(29)20-7-3-4-13-26-20/h3-13,15H,14H2,1-2H3,(H,27,29). The number of aromatic nitrogens is 2. The number of para-hydroxylation sites is 1. The van der Waals surface area contributed by atoms with Gasteiger partial charge < -0.3 is 19.5 Å². The molecular weight excluding hydrogens is 454 g/mol. The highest BCUT2D eigenvalue weighted by molar-refractivity contribution is 7.13. The average molecular weight is 476 g/mol. The normalized spacial score (nSPS) is 10.4. The summed E-state index contributed by atoms with van der Waals surface area (Å²) in [6, 6.07) is 17.1. The Morgan fingerprint density at radius 1 is 0.971 bits per heavy atom. The highest BCUT2D eigenvalue weighted by Crippen LogP contribution is 2.39. The molecule has 8 nitrogen and oxygen atoms in total. The van der Waals surface area contributed by atoms with Gasteiger partial charge >= 0.3 is 5.97 Å². The number of rotatable bonds is 8. The summed E-state index contributed by atoms with van der Waals surface area (Å²) in [5.74, 6) is 0.389. The third-order valence-corrected chi connectivity index (χ3v) is 5.74. The average Bonchev–Trinajstić information content (AvgIpc) is 3.36. The molecule has 0 unspecified atom stereocenters. The lowest BCUT2D eigenvalue weighted by Gasteiger charge is -2.10. The molecule has 172 valence electrons. The van der Waals surface area contributed by atoms with E-state index in [0.717, 1.165) is 10.6 Å². The third kappa shape index (κ3) is 5.21. The van der Waals surface area contributed by atoms with Crippen molar-refractivity contribution in [1.29, 1.82) is 0 Å². The summed E-state index contributed by atoms with van der Waals surface area (Å²) in [6.07, 6.45) is 1.55. The number of amides is 1. The molecule has 0 saturated carbocycles. The van der Waals surface area contributed by atoms with Crippen LogP contribution in [0.2, 0.25) is 0 Å². The van der Waals surface area contributed by atoms with Crippen LogP contribution in [0.3, 0.4) is 0 Å². The number of benzene rings is 2. The number of hydrogen-bond donors (Lipinski definition) is 1. The van der Waals surface area contributed by atoms with Gasteiger partial charge in [-0.2, -0.15) is 0 Å². The van der Waals surface area contributed by atoms with Crippen LogP contribution in [-0.2, 0) is 11.3 Å². The number of methoxy groups -OCH3 is 2. The van der Waals surface area contributed by atoms with Crippen molar-refractivity contribution in [3.63, 3.8) is 0 Å². The summed E-state index contributed by atoms with van der Waals surface area (Å²) in [5.41, 5.74) is 2.63. The Morgan fingerprint density at radius 3 is 2.50 bits per heavy atom. The Bertz CT molecular complexity index is 1290. The number of carbonyl (C=O) groups is 2. The highest BCUT2D eigenvalue weighted by atomic mass is 32.1. The predicted molar refractivity (Wildman–Crippen MR) is 128 cm³/mol. The summed E-state index contributed by atoms with van der Waals surface area (Å²) >= 11 is 1.42. The summed E-state index contributed by atoms with van der Waals surface area (Å²) in [7, 11) is 3.15. The highest BCUT2D eigenvalue weighted by Gasteiger charge is 2.16. The summed E-state index contributed by atoms with van der Waals surface area (Å²) < 4.78 is 16.2. The smallest absolute Gasteiger partial charge is 0.338 e. The Morgan fingerprint density at radius 2 is 1.79 bits per heavy atom. The number of nitrogens with one attached hydrogen (secondary N) is 1. The van der Waals surface area contributed by atoms with Crippen LogP contribution < -0.4 is 14.8 Å². The van der Waals surface area contributed by atoms with Crippen molar-refractivity contribution in [2.45, 2.75) is 6.61 Å². The van der Waals surface area contributed by atoms with Crippen molar-refractivity contribution in [3.8, 4) is 22.1 Å². The first kappa shape index (κ1) is 22.9. The van der Waals surface area contributed by atoms with Crippen LogP contribution in [0, 0.1) is 0 Å². The van der Waals surface area contributed by atoms with Crippen LogP contribution in [0.25, 0.3) is 10.6 Å². The van der Waals surface area contributed by atoms with Crippen LogP contribution in [0.4, 0.5) is 5.69 Å². The van der Waals surface area contributed by atoms with Crippen molar-refractivity contribution in [2.75, 3.05) is 19.5 Å². The molecule has 0 spiro atoms. The molecule has 0 aliphatic heterocycles.